The van der Waals surface area contributed by atoms with E-state index in [1.54, 1.807) is 0 Å². The molecular weight excluding hydrogens is 272 g/mol. The summed E-state index contributed by atoms with van der Waals surface area (Å²) in [4.78, 5) is 24.1. The highest BCUT2D eigenvalue weighted by Crippen LogP contribution is 2.41. The first-order chi connectivity index (χ1) is 8.59. The summed E-state index contributed by atoms with van der Waals surface area (Å²) >= 11 is 0. The standard InChI is InChI=1S/C12H10O4S2/c1-7(13)9-3-15-5-11(9)17-18-12-6-16-4-10(12)8(2)14/h3-6H,1-2H3. The first-order valence-electron chi connectivity index (χ1n) is 5.08. The molecule has 0 saturated heterocycles. The van der Waals surface area contributed by atoms with Crippen molar-refractivity contribution < 1.29 is 18.4 Å². The molecular formula is C12H10O4S2. The summed E-state index contributed by atoms with van der Waals surface area (Å²) in [5.41, 5.74) is 1.08. The Morgan fingerprint density at radius 3 is 1.56 bits per heavy atom. The van der Waals surface area contributed by atoms with Crippen molar-refractivity contribution in [2.45, 2.75) is 23.6 Å². The van der Waals surface area contributed by atoms with Gasteiger partial charge in [-0.15, -0.1) is 0 Å². The number of ketones is 2. The third-order valence-electron chi connectivity index (χ3n) is 2.23. The molecule has 0 aliphatic heterocycles. The lowest BCUT2D eigenvalue weighted by Crippen LogP contribution is -1.90. The zero-order valence-electron chi connectivity index (χ0n) is 9.76. The highest BCUT2D eigenvalue weighted by atomic mass is 33.1. The van der Waals surface area contributed by atoms with Crippen LogP contribution in [0, 0.1) is 0 Å². The average molecular weight is 282 g/mol. The number of furan rings is 2. The molecule has 94 valence electrons. The van der Waals surface area contributed by atoms with Crippen LogP contribution in [0.4, 0.5) is 0 Å². The lowest BCUT2D eigenvalue weighted by Gasteiger charge is -1.99. The van der Waals surface area contributed by atoms with Crippen molar-refractivity contribution in [3.63, 3.8) is 0 Å². The minimum atomic E-state index is -0.0502. The van der Waals surface area contributed by atoms with Gasteiger partial charge in [0.05, 0.1) is 20.9 Å². The Labute approximate surface area is 112 Å². The summed E-state index contributed by atoms with van der Waals surface area (Å²) in [7, 11) is 2.72. The second-order valence-corrected chi connectivity index (χ2v) is 5.79. The number of carbonyl (C=O) groups is 2. The molecule has 0 N–H and O–H groups in total. The van der Waals surface area contributed by atoms with Gasteiger partial charge in [0.25, 0.3) is 0 Å². The zero-order chi connectivity index (χ0) is 13.1. The van der Waals surface area contributed by atoms with Gasteiger partial charge in [0.2, 0.25) is 0 Å². The second kappa shape index (κ2) is 5.49. The largest absolute Gasteiger partial charge is 0.471 e. The second-order valence-electron chi connectivity index (χ2n) is 3.58. The van der Waals surface area contributed by atoms with Crippen LogP contribution in [0.3, 0.4) is 0 Å². The lowest BCUT2D eigenvalue weighted by molar-refractivity contribution is 0.100. The maximum absolute atomic E-state index is 11.3. The van der Waals surface area contributed by atoms with E-state index >= 15 is 0 Å². The number of hydrogen-bond donors (Lipinski definition) is 0. The fourth-order valence-electron chi connectivity index (χ4n) is 1.30. The van der Waals surface area contributed by atoms with Gasteiger partial charge in [-0.1, -0.05) is 0 Å². The summed E-state index contributed by atoms with van der Waals surface area (Å²) in [6.45, 7) is 2.97. The van der Waals surface area contributed by atoms with E-state index in [1.165, 1.54) is 60.5 Å². The van der Waals surface area contributed by atoms with Crippen LogP contribution in [0.15, 0.2) is 43.7 Å². The van der Waals surface area contributed by atoms with Crippen LogP contribution in [0.1, 0.15) is 34.6 Å². The molecule has 6 heteroatoms. The van der Waals surface area contributed by atoms with Gasteiger partial charge in [-0.2, -0.15) is 0 Å². The predicted octanol–water partition coefficient (Wildman–Crippen LogP) is 4.08. The summed E-state index contributed by atoms with van der Waals surface area (Å²) in [6, 6.07) is 0. The molecule has 0 aromatic carbocycles. The van der Waals surface area contributed by atoms with Crippen molar-refractivity contribution in [3.05, 3.63) is 36.2 Å². The Hall–Kier alpha value is -1.40. The Morgan fingerprint density at radius 2 is 1.22 bits per heavy atom. The number of hydrogen-bond acceptors (Lipinski definition) is 6. The first kappa shape index (κ1) is 13.0. The molecule has 0 atom stereocenters. The average Bonchev–Trinajstić information content (AvgIpc) is 2.94. The molecule has 4 nitrogen and oxygen atoms in total. The van der Waals surface area contributed by atoms with Crippen molar-refractivity contribution in [3.8, 4) is 0 Å². The van der Waals surface area contributed by atoms with E-state index < -0.39 is 0 Å². The third kappa shape index (κ3) is 2.70. The van der Waals surface area contributed by atoms with Gasteiger partial charge >= 0.3 is 0 Å². The van der Waals surface area contributed by atoms with E-state index in [0.717, 1.165) is 9.79 Å². The summed E-state index contributed by atoms with van der Waals surface area (Å²) < 4.78 is 10.0. The monoisotopic (exact) mass is 282 g/mol. The quantitative estimate of drug-likeness (QED) is 0.608. The van der Waals surface area contributed by atoms with E-state index in [4.69, 9.17) is 8.83 Å². The molecule has 0 saturated carbocycles. The molecule has 0 amide bonds. The van der Waals surface area contributed by atoms with E-state index in [2.05, 4.69) is 0 Å². The minimum absolute atomic E-state index is 0.0502. The third-order valence-corrected chi connectivity index (χ3v) is 4.63. The van der Waals surface area contributed by atoms with Crippen molar-refractivity contribution in [1.29, 1.82) is 0 Å². The highest BCUT2D eigenvalue weighted by Gasteiger charge is 2.15. The molecule has 0 unspecified atom stereocenters. The Bertz CT molecular complexity index is 530. The van der Waals surface area contributed by atoms with E-state index in [9.17, 15) is 9.59 Å². The van der Waals surface area contributed by atoms with Crippen molar-refractivity contribution >= 4 is 33.2 Å². The maximum Gasteiger partial charge on any atom is 0.164 e. The number of carbonyl (C=O) groups excluding carboxylic acids is 2. The minimum Gasteiger partial charge on any atom is -0.471 e. The molecule has 2 heterocycles. The van der Waals surface area contributed by atoms with Crippen LogP contribution in [-0.4, -0.2) is 11.6 Å². The number of Topliss-reactive ketones (excluding diaryl/α,β-unsaturated/α-hetero) is 2. The smallest absolute Gasteiger partial charge is 0.164 e. The van der Waals surface area contributed by atoms with Crippen LogP contribution in [0.25, 0.3) is 0 Å². The van der Waals surface area contributed by atoms with Crippen LogP contribution in [-0.2, 0) is 0 Å². The lowest BCUT2D eigenvalue weighted by atomic mass is 10.2. The Morgan fingerprint density at radius 1 is 0.833 bits per heavy atom. The van der Waals surface area contributed by atoms with Crippen molar-refractivity contribution in [2.75, 3.05) is 0 Å². The van der Waals surface area contributed by atoms with Crippen LogP contribution >= 0.6 is 21.6 Å². The molecule has 0 aliphatic rings. The molecule has 18 heavy (non-hydrogen) atoms. The molecule has 0 bridgehead atoms. The van der Waals surface area contributed by atoms with Crippen LogP contribution in [0.5, 0.6) is 0 Å². The van der Waals surface area contributed by atoms with Gasteiger partial charge < -0.3 is 8.83 Å². The van der Waals surface area contributed by atoms with E-state index in [1.807, 2.05) is 0 Å². The van der Waals surface area contributed by atoms with Gasteiger partial charge in [0.15, 0.2) is 11.6 Å². The van der Waals surface area contributed by atoms with Crippen LogP contribution in [0.2, 0.25) is 0 Å². The summed E-state index contributed by atoms with van der Waals surface area (Å²) in [5.74, 6) is -0.100. The Balaban J connectivity index is 2.12. The molecule has 2 aromatic rings. The SMILES string of the molecule is CC(=O)c1cocc1SSc1cocc1C(C)=O. The van der Waals surface area contributed by atoms with E-state index in [-0.39, 0.29) is 11.6 Å². The van der Waals surface area contributed by atoms with E-state index in [0.29, 0.717) is 11.1 Å². The van der Waals surface area contributed by atoms with Crippen LogP contribution < -0.4 is 0 Å². The summed E-state index contributed by atoms with van der Waals surface area (Å²) in [5, 5.41) is 0. The molecule has 2 aromatic heterocycles. The van der Waals surface area contributed by atoms with Gasteiger partial charge in [-0.25, -0.2) is 0 Å². The molecule has 0 fully saturated rings. The summed E-state index contributed by atoms with van der Waals surface area (Å²) in [6.07, 6.45) is 5.88. The normalized spacial score (nSPS) is 10.6. The first-order valence-corrected chi connectivity index (χ1v) is 7.23. The Kier molecular flexibility index (Phi) is 3.98. The van der Waals surface area contributed by atoms with Gasteiger partial charge in [0.1, 0.15) is 25.1 Å². The molecule has 2 rings (SSSR count). The van der Waals surface area contributed by atoms with Gasteiger partial charge in [-0.3, -0.25) is 9.59 Å². The highest BCUT2D eigenvalue weighted by molar-refractivity contribution is 8.76. The molecule has 0 aliphatic carbocycles. The maximum atomic E-state index is 11.3. The molecule has 0 radical (unpaired) electrons. The fraction of sp³-hybridized carbons (Fsp3) is 0.167. The number of rotatable bonds is 5. The topological polar surface area (TPSA) is 60.4 Å². The predicted molar refractivity (Wildman–Crippen MR) is 69.1 cm³/mol. The van der Waals surface area contributed by atoms with Crippen molar-refractivity contribution in [1.82, 2.24) is 0 Å². The van der Waals surface area contributed by atoms with Gasteiger partial charge in [0, 0.05) is 0 Å². The zero-order valence-corrected chi connectivity index (χ0v) is 11.4. The fourth-order valence-corrected chi connectivity index (χ4v) is 3.55. The van der Waals surface area contributed by atoms with Gasteiger partial charge in [-0.05, 0) is 35.4 Å². The van der Waals surface area contributed by atoms with Crippen molar-refractivity contribution in [2.24, 2.45) is 0 Å². The molecule has 0 spiro atoms.